The molecule has 0 aromatic heterocycles. The first-order valence-electron chi connectivity index (χ1n) is 5.53. The van der Waals surface area contributed by atoms with E-state index in [1.165, 1.54) is 12.1 Å². The van der Waals surface area contributed by atoms with Crippen LogP contribution in [0.25, 0.3) is 0 Å². The molecule has 1 heterocycles. The lowest BCUT2D eigenvalue weighted by atomic mass is 10.2. The molecule has 1 saturated heterocycles. The summed E-state index contributed by atoms with van der Waals surface area (Å²) in [5, 5.41) is 3.13. The highest BCUT2D eigenvalue weighted by Gasteiger charge is 2.27. The summed E-state index contributed by atoms with van der Waals surface area (Å²) in [4.78, 5) is 13.8. The van der Waals surface area contributed by atoms with Crippen molar-refractivity contribution in [3.8, 4) is 0 Å². The van der Waals surface area contributed by atoms with Crippen LogP contribution in [-0.4, -0.2) is 37.0 Å². The van der Waals surface area contributed by atoms with Crippen LogP contribution in [-0.2, 0) is 0 Å². The van der Waals surface area contributed by atoms with Crippen LogP contribution in [0.5, 0.6) is 0 Å². The second-order valence-electron chi connectivity index (χ2n) is 4.15. The SMILES string of the molecule is CNC1CCN(C(=O)c2cc(Br)ccc2F)C1.Cl. The van der Waals surface area contributed by atoms with Gasteiger partial charge in [0.15, 0.2) is 0 Å². The number of halogens is 3. The minimum absolute atomic E-state index is 0. The third-order valence-corrected chi connectivity index (χ3v) is 3.54. The van der Waals surface area contributed by atoms with Crippen molar-refractivity contribution in [1.82, 2.24) is 10.2 Å². The number of nitrogens with zero attached hydrogens (tertiary/aromatic N) is 1. The Balaban J connectivity index is 0.00000162. The molecule has 18 heavy (non-hydrogen) atoms. The molecular weight excluding hydrogens is 322 g/mol. The van der Waals surface area contributed by atoms with Gasteiger partial charge in [-0.05, 0) is 31.7 Å². The molecule has 1 aliphatic rings. The molecule has 1 aliphatic heterocycles. The van der Waals surface area contributed by atoms with E-state index in [-0.39, 0.29) is 23.9 Å². The predicted molar refractivity (Wildman–Crippen MR) is 74.7 cm³/mol. The van der Waals surface area contributed by atoms with Crippen LogP contribution in [0.2, 0.25) is 0 Å². The highest BCUT2D eigenvalue weighted by atomic mass is 79.9. The van der Waals surface area contributed by atoms with E-state index in [2.05, 4.69) is 21.2 Å². The van der Waals surface area contributed by atoms with Crippen molar-refractivity contribution in [3.05, 3.63) is 34.1 Å². The Kier molecular flexibility index (Phi) is 5.56. The number of hydrogen-bond donors (Lipinski definition) is 1. The Labute approximate surface area is 120 Å². The lowest BCUT2D eigenvalue weighted by Gasteiger charge is -2.17. The first-order chi connectivity index (χ1) is 8.11. The fourth-order valence-corrected chi connectivity index (χ4v) is 2.37. The van der Waals surface area contributed by atoms with Crippen LogP contribution >= 0.6 is 28.3 Å². The van der Waals surface area contributed by atoms with E-state index in [1.807, 2.05) is 7.05 Å². The van der Waals surface area contributed by atoms with E-state index < -0.39 is 5.82 Å². The van der Waals surface area contributed by atoms with E-state index in [0.29, 0.717) is 23.6 Å². The molecule has 1 N–H and O–H groups in total. The lowest BCUT2D eigenvalue weighted by Crippen LogP contribution is -2.33. The van der Waals surface area contributed by atoms with Gasteiger partial charge in [0.2, 0.25) is 0 Å². The smallest absolute Gasteiger partial charge is 0.256 e. The number of likely N-dealkylation sites (N-methyl/N-ethyl adjacent to an activating group) is 1. The average Bonchev–Trinajstić information content (AvgIpc) is 2.80. The summed E-state index contributed by atoms with van der Waals surface area (Å²) in [5.41, 5.74) is 0.135. The summed E-state index contributed by atoms with van der Waals surface area (Å²) < 4.78 is 14.3. The lowest BCUT2D eigenvalue weighted by molar-refractivity contribution is 0.0785. The molecule has 0 spiro atoms. The van der Waals surface area contributed by atoms with Gasteiger partial charge in [0.05, 0.1) is 5.56 Å². The Morgan fingerprint density at radius 3 is 2.89 bits per heavy atom. The molecule has 0 aliphatic carbocycles. The zero-order valence-corrected chi connectivity index (χ0v) is 12.4. The van der Waals surface area contributed by atoms with Gasteiger partial charge in [-0.25, -0.2) is 4.39 Å². The van der Waals surface area contributed by atoms with Crippen molar-refractivity contribution in [2.75, 3.05) is 20.1 Å². The molecule has 1 aromatic carbocycles. The molecule has 0 saturated carbocycles. The fraction of sp³-hybridized carbons (Fsp3) is 0.417. The number of rotatable bonds is 2. The van der Waals surface area contributed by atoms with Gasteiger partial charge in [0.1, 0.15) is 5.82 Å². The Morgan fingerprint density at radius 2 is 2.28 bits per heavy atom. The number of amides is 1. The number of hydrogen-bond acceptors (Lipinski definition) is 2. The summed E-state index contributed by atoms with van der Waals surface area (Å²) >= 11 is 3.25. The maximum absolute atomic E-state index is 13.6. The first kappa shape index (κ1) is 15.4. The number of likely N-dealkylation sites (tertiary alicyclic amines) is 1. The van der Waals surface area contributed by atoms with Crippen LogP contribution < -0.4 is 5.32 Å². The third kappa shape index (κ3) is 3.22. The van der Waals surface area contributed by atoms with Gasteiger partial charge in [0, 0.05) is 23.6 Å². The van der Waals surface area contributed by atoms with Crippen LogP contribution in [0.4, 0.5) is 4.39 Å². The summed E-state index contributed by atoms with van der Waals surface area (Å²) in [7, 11) is 1.87. The van der Waals surface area contributed by atoms with E-state index in [1.54, 1.807) is 11.0 Å². The Hall–Kier alpha value is -0.650. The van der Waals surface area contributed by atoms with Crippen molar-refractivity contribution in [2.24, 2.45) is 0 Å². The van der Waals surface area contributed by atoms with Crippen molar-refractivity contribution >= 4 is 34.2 Å². The normalized spacial score (nSPS) is 18.6. The Bertz CT molecular complexity index is 444. The van der Waals surface area contributed by atoms with Gasteiger partial charge in [-0.1, -0.05) is 15.9 Å². The monoisotopic (exact) mass is 336 g/mol. The number of benzene rings is 1. The summed E-state index contributed by atoms with van der Waals surface area (Å²) in [6.45, 7) is 1.32. The van der Waals surface area contributed by atoms with Gasteiger partial charge in [-0.15, -0.1) is 12.4 Å². The topological polar surface area (TPSA) is 32.3 Å². The second kappa shape index (κ2) is 6.50. The zero-order valence-electron chi connectivity index (χ0n) is 9.95. The molecule has 1 atom stereocenters. The van der Waals surface area contributed by atoms with Gasteiger partial charge in [0.25, 0.3) is 5.91 Å². The van der Waals surface area contributed by atoms with Crippen LogP contribution in [0.15, 0.2) is 22.7 Å². The van der Waals surface area contributed by atoms with Crippen LogP contribution in [0.3, 0.4) is 0 Å². The molecule has 6 heteroatoms. The molecule has 0 bridgehead atoms. The molecule has 2 rings (SSSR count). The Morgan fingerprint density at radius 1 is 1.56 bits per heavy atom. The van der Waals surface area contributed by atoms with Crippen LogP contribution in [0, 0.1) is 5.82 Å². The predicted octanol–water partition coefficient (Wildman–Crippen LogP) is 2.44. The molecule has 1 amide bonds. The zero-order chi connectivity index (χ0) is 12.4. The van der Waals surface area contributed by atoms with Crippen molar-refractivity contribution in [3.63, 3.8) is 0 Å². The molecule has 0 radical (unpaired) electrons. The number of carbonyl (C=O) groups is 1. The molecule has 1 aromatic rings. The van der Waals surface area contributed by atoms with Gasteiger partial charge < -0.3 is 10.2 Å². The summed E-state index contributed by atoms with van der Waals surface area (Å²) in [6.07, 6.45) is 0.915. The second-order valence-corrected chi connectivity index (χ2v) is 5.07. The molecule has 1 unspecified atom stereocenters. The summed E-state index contributed by atoms with van der Waals surface area (Å²) in [5.74, 6) is -0.701. The first-order valence-corrected chi connectivity index (χ1v) is 6.32. The van der Waals surface area contributed by atoms with E-state index in [9.17, 15) is 9.18 Å². The van der Waals surface area contributed by atoms with E-state index in [0.717, 1.165) is 6.42 Å². The highest BCUT2D eigenvalue weighted by molar-refractivity contribution is 9.10. The molecule has 3 nitrogen and oxygen atoms in total. The van der Waals surface area contributed by atoms with Gasteiger partial charge >= 0.3 is 0 Å². The minimum atomic E-state index is -0.467. The number of carbonyl (C=O) groups excluding carboxylic acids is 1. The third-order valence-electron chi connectivity index (χ3n) is 3.04. The molecule has 100 valence electrons. The highest BCUT2D eigenvalue weighted by Crippen LogP contribution is 2.19. The molecule has 1 fully saturated rings. The largest absolute Gasteiger partial charge is 0.337 e. The van der Waals surface area contributed by atoms with Crippen LogP contribution in [0.1, 0.15) is 16.8 Å². The minimum Gasteiger partial charge on any atom is -0.337 e. The fourth-order valence-electron chi connectivity index (χ4n) is 2.01. The maximum atomic E-state index is 13.6. The van der Waals surface area contributed by atoms with Crippen molar-refractivity contribution in [2.45, 2.75) is 12.5 Å². The summed E-state index contributed by atoms with van der Waals surface area (Å²) in [6, 6.07) is 4.74. The van der Waals surface area contributed by atoms with E-state index >= 15 is 0 Å². The number of nitrogens with one attached hydrogen (secondary N) is 1. The van der Waals surface area contributed by atoms with Gasteiger partial charge in [-0.3, -0.25) is 4.79 Å². The van der Waals surface area contributed by atoms with Gasteiger partial charge in [-0.2, -0.15) is 0 Å². The molecular formula is C12H15BrClFN2O. The average molecular weight is 338 g/mol. The van der Waals surface area contributed by atoms with Crippen molar-refractivity contribution < 1.29 is 9.18 Å². The van der Waals surface area contributed by atoms with Crippen molar-refractivity contribution in [1.29, 1.82) is 0 Å². The van der Waals surface area contributed by atoms with E-state index in [4.69, 9.17) is 0 Å². The quantitative estimate of drug-likeness (QED) is 0.899. The standard InChI is InChI=1S/C12H14BrFN2O.ClH/c1-15-9-4-5-16(7-9)12(17)10-6-8(13)2-3-11(10)14;/h2-3,6,9,15H,4-5,7H2,1H3;1H. The maximum Gasteiger partial charge on any atom is 0.256 e.